The van der Waals surface area contributed by atoms with Gasteiger partial charge < -0.3 is 5.32 Å². The summed E-state index contributed by atoms with van der Waals surface area (Å²) in [6, 6.07) is 18.3. The van der Waals surface area contributed by atoms with Gasteiger partial charge in [0.15, 0.2) is 0 Å². The average Bonchev–Trinajstić information content (AvgIpc) is 3.03. The van der Waals surface area contributed by atoms with E-state index in [0.29, 0.717) is 11.6 Å². The van der Waals surface area contributed by atoms with Crippen LogP contribution in [0.25, 0.3) is 10.9 Å². The molecule has 1 atom stereocenters. The minimum atomic E-state index is -0.0262. The molecule has 1 heterocycles. The summed E-state index contributed by atoms with van der Waals surface area (Å²) in [5, 5.41) is 20.9. The zero-order chi connectivity index (χ0) is 16.5. The molecule has 0 spiro atoms. The molecule has 5 heteroatoms. The van der Waals surface area contributed by atoms with Crippen molar-refractivity contribution in [3.8, 4) is 0 Å². The number of hydrogen-bond donors (Lipinski definition) is 4. The quantitative estimate of drug-likeness (QED) is 0.338. The van der Waals surface area contributed by atoms with Crippen LogP contribution in [0.5, 0.6) is 0 Å². The first-order valence-corrected chi connectivity index (χ1v) is 7.99. The van der Waals surface area contributed by atoms with Crippen molar-refractivity contribution in [2.24, 2.45) is 0 Å². The van der Waals surface area contributed by atoms with Gasteiger partial charge in [-0.1, -0.05) is 24.3 Å². The van der Waals surface area contributed by atoms with Gasteiger partial charge in [-0.2, -0.15) is 0 Å². The molecule has 4 rings (SSSR count). The first kappa shape index (κ1) is 14.7. The number of hydrogen-bond acceptors (Lipinski definition) is 4. The third-order valence-corrected chi connectivity index (χ3v) is 4.54. The predicted octanol–water partition coefficient (Wildman–Crippen LogP) is 3.64. The summed E-state index contributed by atoms with van der Waals surface area (Å²) < 4.78 is 0. The van der Waals surface area contributed by atoms with E-state index in [1.165, 1.54) is 11.1 Å². The number of hydroxylamine groups is 1. The molecule has 0 saturated carbocycles. The Kier molecular flexibility index (Phi) is 3.63. The standard InChI is InChI=1S/C19H18N4O/c20-19(23-24)14-6-8-16-13(11-14)7-10-18(21-16)22-17-9-5-12-3-1-2-4-15(12)17/h1-4,6-8,10-11,17,24H,5,9H2,(H2,20,23)(H,21,22)/t17-/m1/s1. The molecule has 0 radical (unpaired) electrons. The minimum absolute atomic E-state index is 0.0262. The van der Waals surface area contributed by atoms with Crippen LogP contribution in [0.3, 0.4) is 0 Å². The first-order valence-electron chi connectivity index (χ1n) is 7.99. The van der Waals surface area contributed by atoms with E-state index in [4.69, 9.17) is 10.6 Å². The predicted molar refractivity (Wildman–Crippen MR) is 94.6 cm³/mol. The summed E-state index contributed by atoms with van der Waals surface area (Å²) in [7, 11) is 0. The summed E-state index contributed by atoms with van der Waals surface area (Å²) in [6.07, 6.45) is 2.18. The molecule has 0 unspecified atom stereocenters. The van der Waals surface area contributed by atoms with Crippen molar-refractivity contribution in [3.63, 3.8) is 0 Å². The topological polar surface area (TPSA) is 81.0 Å². The van der Waals surface area contributed by atoms with E-state index < -0.39 is 0 Å². The zero-order valence-electron chi connectivity index (χ0n) is 13.1. The van der Waals surface area contributed by atoms with Gasteiger partial charge in [0.2, 0.25) is 0 Å². The van der Waals surface area contributed by atoms with Crippen LogP contribution in [-0.2, 0) is 6.42 Å². The summed E-state index contributed by atoms with van der Waals surface area (Å²) in [4.78, 5) is 4.67. The molecule has 1 aromatic heterocycles. The van der Waals surface area contributed by atoms with E-state index in [1.807, 2.05) is 29.7 Å². The molecule has 3 aromatic rings. The molecule has 2 aromatic carbocycles. The second kappa shape index (κ2) is 5.94. The molecular weight excluding hydrogens is 300 g/mol. The van der Waals surface area contributed by atoms with Gasteiger partial charge in [0.05, 0.1) is 11.6 Å². The van der Waals surface area contributed by atoms with E-state index in [-0.39, 0.29) is 5.84 Å². The van der Waals surface area contributed by atoms with Crippen LogP contribution in [-0.4, -0.2) is 16.0 Å². The second-order valence-electron chi connectivity index (χ2n) is 6.03. The first-order chi connectivity index (χ1) is 11.7. The van der Waals surface area contributed by atoms with Crippen molar-refractivity contribution >= 4 is 22.6 Å². The maximum absolute atomic E-state index is 8.84. The van der Waals surface area contributed by atoms with Gasteiger partial charge >= 0.3 is 0 Å². The molecule has 5 nitrogen and oxygen atoms in total. The van der Waals surface area contributed by atoms with Gasteiger partial charge in [0.25, 0.3) is 0 Å². The van der Waals surface area contributed by atoms with Crippen LogP contribution in [0.4, 0.5) is 5.82 Å². The number of nitrogens with one attached hydrogen (secondary N) is 3. The second-order valence-corrected chi connectivity index (χ2v) is 6.03. The van der Waals surface area contributed by atoms with Crippen LogP contribution in [0.2, 0.25) is 0 Å². The van der Waals surface area contributed by atoms with Crippen molar-refractivity contribution < 1.29 is 5.21 Å². The van der Waals surface area contributed by atoms with Crippen molar-refractivity contribution in [1.82, 2.24) is 10.5 Å². The fourth-order valence-electron chi connectivity index (χ4n) is 3.31. The van der Waals surface area contributed by atoms with Crippen LogP contribution >= 0.6 is 0 Å². The Morgan fingerprint density at radius 1 is 1.12 bits per heavy atom. The Labute approximate surface area is 139 Å². The lowest BCUT2D eigenvalue weighted by Crippen LogP contribution is -2.18. The smallest absolute Gasteiger partial charge is 0.149 e. The van der Waals surface area contributed by atoms with Crippen LogP contribution in [0, 0.1) is 5.41 Å². The van der Waals surface area contributed by atoms with Crippen molar-refractivity contribution in [1.29, 1.82) is 5.41 Å². The molecule has 120 valence electrons. The highest BCUT2D eigenvalue weighted by molar-refractivity contribution is 5.99. The number of aryl methyl sites for hydroxylation is 1. The van der Waals surface area contributed by atoms with E-state index in [9.17, 15) is 0 Å². The Bertz CT molecular complexity index is 922. The number of anilines is 1. The van der Waals surface area contributed by atoms with Gasteiger partial charge in [0, 0.05) is 10.9 Å². The van der Waals surface area contributed by atoms with Crippen molar-refractivity contribution in [2.75, 3.05) is 5.32 Å². The number of fused-ring (bicyclic) bond motifs is 2. The van der Waals surface area contributed by atoms with Crippen molar-refractivity contribution in [3.05, 3.63) is 71.3 Å². The largest absolute Gasteiger partial charge is 0.363 e. The van der Waals surface area contributed by atoms with Gasteiger partial charge in [-0.3, -0.25) is 16.1 Å². The van der Waals surface area contributed by atoms with Crippen LogP contribution < -0.4 is 10.8 Å². The summed E-state index contributed by atoms with van der Waals surface area (Å²) >= 11 is 0. The number of rotatable bonds is 3. The Hall–Kier alpha value is -2.92. The van der Waals surface area contributed by atoms with Crippen LogP contribution in [0.1, 0.15) is 29.2 Å². The highest BCUT2D eigenvalue weighted by Crippen LogP contribution is 2.33. The maximum Gasteiger partial charge on any atom is 0.149 e. The zero-order valence-corrected chi connectivity index (χ0v) is 13.1. The summed E-state index contributed by atoms with van der Waals surface area (Å²) in [6.45, 7) is 0. The van der Waals surface area contributed by atoms with E-state index in [1.54, 1.807) is 6.07 Å². The van der Waals surface area contributed by atoms with Crippen LogP contribution in [0.15, 0.2) is 54.6 Å². The van der Waals surface area contributed by atoms with E-state index in [0.717, 1.165) is 29.6 Å². The summed E-state index contributed by atoms with van der Waals surface area (Å²) in [5.41, 5.74) is 6.12. The molecule has 1 aliphatic carbocycles. The molecule has 4 N–H and O–H groups in total. The number of nitrogens with zero attached hydrogens (tertiary/aromatic N) is 1. The molecule has 0 saturated heterocycles. The molecule has 0 amide bonds. The fraction of sp³-hybridized carbons (Fsp3) is 0.158. The summed E-state index contributed by atoms with van der Waals surface area (Å²) in [5.74, 6) is 0.828. The highest BCUT2D eigenvalue weighted by atomic mass is 16.5. The molecular formula is C19H18N4O. The monoisotopic (exact) mass is 318 g/mol. The Balaban J connectivity index is 1.61. The SMILES string of the molecule is N=C(NO)c1ccc2nc(N[C@@H]3CCc4ccccc43)ccc2c1. The molecule has 0 aliphatic heterocycles. The fourth-order valence-corrected chi connectivity index (χ4v) is 3.31. The minimum Gasteiger partial charge on any atom is -0.363 e. The highest BCUT2D eigenvalue weighted by Gasteiger charge is 2.21. The molecule has 24 heavy (non-hydrogen) atoms. The van der Waals surface area contributed by atoms with Gasteiger partial charge in [0.1, 0.15) is 11.7 Å². The van der Waals surface area contributed by atoms with Crippen molar-refractivity contribution in [2.45, 2.75) is 18.9 Å². The van der Waals surface area contributed by atoms with Gasteiger partial charge in [-0.25, -0.2) is 4.98 Å². The third-order valence-electron chi connectivity index (χ3n) is 4.54. The van der Waals surface area contributed by atoms with Gasteiger partial charge in [-0.15, -0.1) is 0 Å². The number of benzene rings is 2. The number of aromatic nitrogens is 1. The third kappa shape index (κ3) is 2.59. The Morgan fingerprint density at radius 2 is 2.00 bits per heavy atom. The molecule has 1 aliphatic rings. The van der Waals surface area contributed by atoms with E-state index >= 15 is 0 Å². The normalized spacial score (nSPS) is 16.0. The van der Waals surface area contributed by atoms with E-state index in [2.05, 4.69) is 34.6 Å². The lowest BCUT2D eigenvalue weighted by atomic mass is 10.1. The number of amidine groups is 1. The lowest BCUT2D eigenvalue weighted by molar-refractivity contribution is 0.234. The molecule has 0 fully saturated rings. The average molecular weight is 318 g/mol. The number of pyridine rings is 1. The molecule has 0 bridgehead atoms. The Morgan fingerprint density at radius 3 is 2.88 bits per heavy atom. The lowest BCUT2D eigenvalue weighted by Gasteiger charge is -2.15. The maximum atomic E-state index is 8.84. The van der Waals surface area contributed by atoms with Gasteiger partial charge in [-0.05, 0) is 54.3 Å².